The van der Waals surface area contributed by atoms with Crippen LogP contribution in [0.1, 0.15) is 29.7 Å². The van der Waals surface area contributed by atoms with Crippen LogP contribution in [0, 0.1) is 13.8 Å². The van der Waals surface area contributed by atoms with Crippen molar-refractivity contribution in [2.45, 2.75) is 26.8 Å². The molecule has 0 aliphatic rings. The van der Waals surface area contributed by atoms with Gasteiger partial charge in [-0.2, -0.15) is 0 Å². The highest BCUT2D eigenvalue weighted by Crippen LogP contribution is 2.26. The molecule has 92 valence electrons. The topological polar surface area (TPSA) is 57.6 Å². The molecule has 4 nitrogen and oxygen atoms in total. The third-order valence-corrected chi connectivity index (χ3v) is 2.93. The summed E-state index contributed by atoms with van der Waals surface area (Å²) in [5.74, 6) is -1.28. The van der Waals surface area contributed by atoms with E-state index in [-0.39, 0.29) is 5.91 Å². The van der Waals surface area contributed by atoms with Crippen LogP contribution < -0.4 is 0 Å². The van der Waals surface area contributed by atoms with E-state index in [0.717, 1.165) is 11.1 Å². The van der Waals surface area contributed by atoms with E-state index in [0.29, 0.717) is 5.56 Å². The van der Waals surface area contributed by atoms with E-state index in [9.17, 15) is 14.7 Å². The first-order valence-corrected chi connectivity index (χ1v) is 5.38. The van der Waals surface area contributed by atoms with Gasteiger partial charge in [-0.25, -0.2) is 4.79 Å². The summed E-state index contributed by atoms with van der Waals surface area (Å²) in [6.07, 6.45) is 0. The zero-order chi connectivity index (χ0) is 13.2. The van der Waals surface area contributed by atoms with Gasteiger partial charge in [0.1, 0.15) is 0 Å². The Morgan fingerprint density at radius 1 is 1.24 bits per heavy atom. The van der Waals surface area contributed by atoms with Gasteiger partial charge < -0.3 is 10.0 Å². The molecule has 0 heterocycles. The van der Waals surface area contributed by atoms with Crippen LogP contribution in [0.5, 0.6) is 0 Å². The summed E-state index contributed by atoms with van der Waals surface area (Å²) in [5, 5.41) is 9.30. The fraction of sp³-hybridized carbons (Fsp3) is 0.385. The summed E-state index contributed by atoms with van der Waals surface area (Å²) in [6.45, 7) is 5.07. The lowest BCUT2D eigenvalue weighted by molar-refractivity contribution is -0.148. The second-order valence-corrected chi connectivity index (χ2v) is 4.18. The number of amides is 1. The number of likely N-dealkylation sites (N-methyl/N-ethyl adjacent to an activating group) is 1. The lowest BCUT2D eigenvalue weighted by Crippen LogP contribution is -2.35. The van der Waals surface area contributed by atoms with E-state index in [4.69, 9.17) is 0 Å². The number of aryl methyl sites for hydroxylation is 2. The van der Waals surface area contributed by atoms with E-state index in [1.165, 1.54) is 18.9 Å². The Labute approximate surface area is 101 Å². The first-order valence-electron chi connectivity index (χ1n) is 5.38. The van der Waals surface area contributed by atoms with E-state index >= 15 is 0 Å². The van der Waals surface area contributed by atoms with E-state index in [1.807, 2.05) is 32.0 Å². The maximum Gasteiger partial charge on any atom is 0.331 e. The van der Waals surface area contributed by atoms with Gasteiger partial charge in [-0.15, -0.1) is 0 Å². The van der Waals surface area contributed by atoms with Gasteiger partial charge in [0.2, 0.25) is 5.91 Å². The second-order valence-electron chi connectivity index (χ2n) is 4.18. The molecule has 1 amide bonds. The third kappa shape index (κ3) is 2.64. The Balaban J connectivity index is 3.33. The number of carboxylic acid groups (broad SMARTS) is 1. The van der Waals surface area contributed by atoms with Gasteiger partial charge in [-0.3, -0.25) is 4.79 Å². The SMILES string of the molecule is CC(=O)N(C)C(C(=O)O)c1c(C)cccc1C. The molecule has 1 aromatic carbocycles. The van der Waals surface area contributed by atoms with Crippen molar-refractivity contribution in [2.24, 2.45) is 0 Å². The molecule has 0 saturated carbocycles. The van der Waals surface area contributed by atoms with Gasteiger partial charge in [-0.1, -0.05) is 18.2 Å². The van der Waals surface area contributed by atoms with Gasteiger partial charge in [0.15, 0.2) is 6.04 Å². The second kappa shape index (κ2) is 4.99. The summed E-state index contributed by atoms with van der Waals surface area (Å²) in [7, 11) is 1.51. The first kappa shape index (κ1) is 13.2. The average Bonchev–Trinajstić information content (AvgIpc) is 2.22. The van der Waals surface area contributed by atoms with Crippen molar-refractivity contribution in [1.82, 2.24) is 4.90 Å². The molecular weight excluding hydrogens is 218 g/mol. The van der Waals surface area contributed by atoms with Crippen LogP contribution in [-0.4, -0.2) is 28.9 Å². The van der Waals surface area contributed by atoms with Crippen LogP contribution in [0.3, 0.4) is 0 Å². The minimum absolute atomic E-state index is 0.264. The maximum atomic E-state index is 11.4. The van der Waals surface area contributed by atoms with Crippen molar-refractivity contribution in [1.29, 1.82) is 0 Å². The minimum Gasteiger partial charge on any atom is -0.479 e. The highest BCUT2D eigenvalue weighted by Gasteiger charge is 2.28. The van der Waals surface area contributed by atoms with Gasteiger partial charge in [0, 0.05) is 14.0 Å². The van der Waals surface area contributed by atoms with Crippen molar-refractivity contribution in [3.05, 3.63) is 34.9 Å². The average molecular weight is 235 g/mol. The first-order chi connectivity index (χ1) is 7.86. The molecule has 4 heteroatoms. The van der Waals surface area contributed by atoms with E-state index in [1.54, 1.807) is 0 Å². The summed E-state index contributed by atoms with van der Waals surface area (Å²) in [4.78, 5) is 24.0. The molecule has 0 fully saturated rings. The molecule has 0 bridgehead atoms. The quantitative estimate of drug-likeness (QED) is 0.870. The minimum atomic E-state index is -1.01. The monoisotopic (exact) mass is 235 g/mol. The van der Waals surface area contributed by atoms with Crippen molar-refractivity contribution in [3.8, 4) is 0 Å². The third-order valence-electron chi connectivity index (χ3n) is 2.93. The molecule has 0 aromatic heterocycles. The normalized spacial score (nSPS) is 12.0. The zero-order valence-corrected chi connectivity index (χ0v) is 10.5. The molecule has 0 saturated heterocycles. The van der Waals surface area contributed by atoms with E-state index in [2.05, 4.69) is 0 Å². The van der Waals surface area contributed by atoms with Crippen LogP contribution in [0.4, 0.5) is 0 Å². The predicted octanol–water partition coefficient (Wildman–Crippen LogP) is 1.91. The number of carbonyl (C=O) groups excluding carboxylic acids is 1. The Bertz CT molecular complexity index is 434. The van der Waals surface area contributed by atoms with Crippen molar-refractivity contribution in [3.63, 3.8) is 0 Å². The fourth-order valence-corrected chi connectivity index (χ4v) is 1.92. The maximum absolute atomic E-state index is 11.4. The number of benzene rings is 1. The van der Waals surface area contributed by atoms with Gasteiger partial charge in [-0.05, 0) is 30.5 Å². The van der Waals surface area contributed by atoms with Crippen LogP contribution in [0.25, 0.3) is 0 Å². The molecule has 1 unspecified atom stereocenters. The Morgan fingerprint density at radius 3 is 2.06 bits per heavy atom. The lowest BCUT2D eigenvalue weighted by atomic mass is 9.95. The van der Waals surface area contributed by atoms with Crippen molar-refractivity contribution < 1.29 is 14.7 Å². The standard InChI is InChI=1S/C13H17NO3/c1-8-6-5-7-9(2)11(8)12(13(16)17)14(4)10(3)15/h5-7,12H,1-4H3,(H,16,17). The number of nitrogens with zero attached hydrogens (tertiary/aromatic N) is 1. The fourth-order valence-electron chi connectivity index (χ4n) is 1.92. The molecule has 0 aliphatic heterocycles. The molecule has 1 atom stereocenters. The van der Waals surface area contributed by atoms with Crippen molar-refractivity contribution in [2.75, 3.05) is 7.05 Å². The van der Waals surface area contributed by atoms with Gasteiger partial charge in [0.25, 0.3) is 0 Å². The summed E-state index contributed by atoms with van der Waals surface area (Å²) in [6, 6.07) is 4.66. The number of aliphatic carboxylic acids is 1. The molecule has 0 aliphatic carbocycles. The Morgan fingerprint density at radius 2 is 1.71 bits per heavy atom. The number of hydrogen-bond acceptors (Lipinski definition) is 2. The van der Waals surface area contributed by atoms with Crippen LogP contribution in [-0.2, 0) is 9.59 Å². The lowest BCUT2D eigenvalue weighted by Gasteiger charge is -2.26. The number of rotatable bonds is 3. The van der Waals surface area contributed by atoms with E-state index < -0.39 is 12.0 Å². The van der Waals surface area contributed by atoms with Crippen LogP contribution in [0.15, 0.2) is 18.2 Å². The number of carbonyl (C=O) groups is 2. The molecule has 0 spiro atoms. The summed E-state index contributed by atoms with van der Waals surface area (Å²) < 4.78 is 0. The van der Waals surface area contributed by atoms with Gasteiger partial charge >= 0.3 is 5.97 Å². The Kier molecular flexibility index (Phi) is 3.89. The molecular formula is C13H17NO3. The van der Waals surface area contributed by atoms with Crippen molar-refractivity contribution >= 4 is 11.9 Å². The highest BCUT2D eigenvalue weighted by atomic mass is 16.4. The molecule has 1 rings (SSSR count). The largest absolute Gasteiger partial charge is 0.479 e. The highest BCUT2D eigenvalue weighted by molar-refractivity contribution is 5.83. The van der Waals surface area contributed by atoms with Crippen LogP contribution in [0.2, 0.25) is 0 Å². The van der Waals surface area contributed by atoms with Gasteiger partial charge in [0.05, 0.1) is 0 Å². The number of hydrogen-bond donors (Lipinski definition) is 1. The molecule has 17 heavy (non-hydrogen) atoms. The summed E-state index contributed by atoms with van der Waals surface area (Å²) in [5.41, 5.74) is 2.45. The number of carboxylic acids is 1. The molecule has 1 aromatic rings. The predicted molar refractivity (Wildman–Crippen MR) is 64.7 cm³/mol. The smallest absolute Gasteiger partial charge is 0.331 e. The molecule has 0 radical (unpaired) electrons. The summed E-state index contributed by atoms with van der Waals surface area (Å²) >= 11 is 0. The molecule has 1 N–H and O–H groups in total. The van der Waals surface area contributed by atoms with Crippen LogP contribution >= 0.6 is 0 Å². The Hall–Kier alpha value is -1.84. The zero-order valence-electron chi connectivity index (χ0n) is 10.5.